The highest BCUT2D eigenvalue weighted by atomic mass is 19.1. The maximum absolute atomic E-state index is 13.4. The lowest BCUT2D eigenvalue weighted by atomic mass is 9.92. The number of anilines is 3. The molecule has 2 N–H and O–H groups in total. The topological polar surface area (TPSA) is 70.2 Å². The summed E-state index contributed by atoms with van der Waals surface area (Å²) in [6.45, 7) is 3.51. The molecule has 6 nitrogen and oxygen atoms in total. The highest BCUT2D eigenvalue weighted by Gasteiger charge is 2.28. The minimum atomic E-state index is -0.362. The standard InChI is InChI=1S/C24H26FN5O/c1-17(24(31)27-20-7-4-6-19(25)16-20)30-14-11-18(12-15-30)21-8-5-10-23(28-21)29-22-9-2-3-13-26-22/h2-10,13,16-18H,11-12,14-15H2,1H3,(H,27,31)(H,26,28,29)/t17-/m0/s1. The van der Waals surface area contributed by atoms with Crippen molar-refractivity contribution < 1.29 is 9.18 Å². The van der Waals surface area contributed by atoms with Gasteiger partial charge in [0.15, 0.2) is 0 Å². The highest BCUT2D eigenvalue weighted by molar-refractivity contribution is 5.94. The molecule has 160 valence electrons. The summed E-state index contributed by atoms with van der Waals surface area (Å²) in [5, 5.41) is 6.05. The summed E-state index contributed by atoms with van der Waals surface area (Å²) < 4.78 is 13.4. The molecule has 1 fully saturated rings. The van der Waals surface area contributed by atoms with Crippen LogP contribution in [-0.4, -0.2) is 39.9 Å². The molecular formula is C24H26FN5O. The van der Waals surface area contributed by atoms with Crippen LogP contribution in [0.25, 0.3) is 0 Å². The fraction of sp³-hybridized carbons (Fsp3) is 0.292. The molecule has 3 heterocycles. The van der Waals surface area contributed by atoms with E-state index in [9.17, 15) is 9.18 Å². The summed E-state index contributed by atoms with van der Waals surface area (Å²) in [7, 11) is 0. The number of piperidine rings is 1. The smallest absolute Gasteiger partial charge is 0.241 e. The molecule has 1 saturated heterocycles. The van der Waals surface area contributed by atoms with Gasteiger partial charge in [-0.25, -0.2) is 14.4 Å². The maximum Gasteiger partial charge on any atom is 0.241 e. The van der Waals surface area contributed by atoms with Crippen molar-refractivity contribution in [2.24, 2.45) is 0 Å². The molecule has 0 spiro atoms. The first-order valence-electron chi connectivity index (χ1n) is 10.5. The molecule has 4 rings (SSSR count). The van der Waals surface area contributed by atoms with Crippen molar-refractivity contribution in [2.45, 2.75) is 31.7 Å². The van der Waals surface area contributed by atoms with Crippen molar-refractivity contribution in [3.8, 4) is 0 Å². The fourth-order valence-corrected chi connectivity index (χ4v) is 3.88. The molecule has 0 radical (unpaired) electrons. The van der Waals surface area contributed by atoms with Gasteiger partial charge in [0.1, 0.15) is 17.5 Å². The third-order valence-corrected chi connectivity index (χ3v) is 5.66. The van der Waals surface area contributed by atoms with Gasteiger partial charge in [-0.1, -0.05) is 18.2 Å². The van der Waals surface area contributed by atoms with Crippen LogP contribution < -0.4 is 10.6 Å². The third-order valence-electron chi connectivity index (χ3n) is 5.66. The molecule has 0 saturated carbocycles. The zero-order chi connectivity index (χ0) is 21.6. The Balaban J connectivity index is 1.33. The van der Waals surface area contributed by atoms with Crippen LogP contribution in [0, 0.1) is 5.82 Å². The summed E-state index contributed by atoms with van der Waals surface area (Å²) in [4.78, 5) is 23.8. The number of pyridine rings is 2. The van der Waals surface area contributed by atoms with Crippen LogP contribution in [0.3, 0.4) is 0 Å². The van der Waals surface area contributed by atoms with Crippen LogP contribution in [0.2, 0.25) is 0 Å². The van der Waals surface area contributed by atoms with E-state index in [0.717, 1.165) is 43.3 Å². The van der Waals surface area contributed by atoms with Gasteiger partial charge in [0.25, 0.3) is 0 Å². The van der Waals surface area contributed by atoms with E-state index in [2.05, 4.69) is 26.6 Å². The lowest BCUT2D eigenvalue weighted by Crippen LogP contribution is -2.45. The second kappa shape index (κ2) is 9.66. The van der Waals surface area contributed by atoms with Crippen molar-refractivity contribution in [2.75, 3.05) is 23.7 Å². The lowest BCUT2D eigenvalue weighted by molar-refractivity contribution is -0.121. The van der Waals surface area contributed by atoms with Crippen LogP contribution in [0.4, 0.5) is 21.7 Å². The largest absolute Gasteiger partial charge is 0.325 e. The number of hydrogen-bond acceptors (Lipinski definition) is 5. The quantitative estimate of drug-likeness (QED) is 0.613. The van der Waals surface area contributed by atoms with Crippen molar-refractivity contribution in [1.82, 2.24) is 14.9 Å². The van der Waals surface area contributed by atoms with Crippen LogP contribution in [0.5, 0.6) is 0 Å². The monoisotopic (exact) mass is 419 g/mol. The molecule has 1 aliphatic heterocycles. The van der Waals surface area contributed by atoms with Gasteiger partial charge in [-0.2, -0.15) is 0 Å². The average Bonchev–Trinajstić information content (AvgIpc) is 2.79. The van der Waals surface area contributed by atoms with Gasteiger partial charge in [0, 0.05) is 23.5 Å². The Hall–Kier alpha value is -3.32. The average molecular weight is 420 g/mol. The van der Waals surface area contributed by atoms with E-state index in [1.54, 1.807) is 18.3 Å². The van der Waals surface area contributed by atoms with E-state index < -0.39 is 0 Å². The predicted molar refractivity (Wildman–Crippen MR) is 120 cm³/mol. The Kier molecular flexibility index (Phi) is 6.52. The number of carbonyl (C=O) groups excluding carboxylic acids is 1. The number of nitrogens with zero attached hydrogens (tertiary/aromatic N) is 3. The Morgan fingerprint density at radius 3 is 2.58 bits per heavy atom. The molecule has 3 aromatic rings. The molecular weight excluding hydrogens is 393 g/mol. The van der Waals surface area contributed by atoms with Gasteiger partial charge >= 0.3 is 0 Å². The van der Waals surface area contributed by atoms with Crippen molar-refractivity contribution in [3.05, 3.63) is 78.4 Å². The van der Waals surface area contributed by atoms with E-state index in [4.69, 9.17) is 4.98 Å². The number of benzene rings is 1. The van der Waals surface area contributed by atoms with E-state index in [1.807, 2.05) is 37.3 Å². The number of carbonyl (C=O) groups is 1. The van der Waals surface area contributed by atoms with Crippen LogP contribution in [0.15, 0.2) is 66.9 Å². The molecule has 1 atom stereocenters. The number of amides is 1. The number of aromatic nitrogens is 2. The summed E-state index contributed by atoms with van der Waals surface area (Å²) in [6, 6.07) is 17.4. The highest BCUT2D eigenvalue weighted by Crippen LogP contribution is 2.29. The van der Waals surface area contributed by atoms with Crippen LogP contribution in [-0.2, 0) is 4.79 Å². The van der Waals surface area contributed by atoms with Gasteiger partial charge in [-0.05, 0) is 75.3 Å². The Bertz CT molecular complexity index is 1020. The SMILES string of the molecule is C[C@@H](C(=O)Nc1cccc(F)c1)N1CCC(c2cccc(Nc3ccccn3)n2)CC1. The van der Waals surface area contributed by atoms with Gasteiger partial charge in [0.2, 0.25) is 5.91 Å². The number of nitrogens with one attached hydrogen (secondary N) is 2. The first-order valence-corrected chi connectivity index (χ1v) is 10.5. The van der Waals surface area contributed by atoms with E-state index in [-0.39, 0.29) is 17.8 Å². The molecule has 31 heavy (non-hydrogen) atoms. The minimum absolute atomic E-state index is 0.122. The molecule has 0 aliphatic carbocycles. The van der Waals surface area contributed by atoms with Gasteiger partial charge in [-0.3, -0.25) is 9.69 Å². The molecule has 1 aliphatic rings. The number of rotatable bonds is 6. The van der Waals surface area contributed by atoms with E-state index >= 15 is 0 Å². The molecule has 0 unspecified atom stereocenters. The lowest BCUT2D eigenvalue weighted by Gasteiger charge is -2.35. The Labute approximate surface area is 181 Å². The summed E-state index contributed by atoms with van der Waals surface area (Å²) in [6.07, 6.45) is 3.60. The molecule has 1 aromatic carbocycles. The Morgan fingerprint density at radius 1 is 1.06 bits per heavy atom. The molecule has 0 bridgehead atoms. The molecule has 7 heteroatoms. The maximum atomic E-state index is 13.4. The third kappa shape index (κ3) is 5.44. The minimum Gasteiger partial charge on any atom is -0.325 e. The first kappa shape index (κ1) is 20.9. The molecule has 1 amide bonds. The summed E-state index contributed by atoms with van der Waals surface area (Å²) in [5.41, 5.74) is 1.53. The molecule has 2 aromatic heterocycles. The summed E-state index contributed by atoms with van der Waals surface area (Å²) >= 11 is 0. The van der Waals surface area contributed by atoms with Gasteiger partial charge < -0.3 is 10.6 Å². The van der Waals surface area contributed by atoms with E-state index in [1.165, 1.54) is 12.1 Å². The fourth-order valence-electron chi connectivity index (χ4n) is 3.88. The number of hydrogen-bond donors (Lipinski definition) is 2. The van der Waals surface area contributed by atoms with Crippen molar-refractivity contribution in [3.63, 3.8) is 0 Å². The Morgan fingerprint density at radius 2 is 1.84 bits per heavy atom. The number of likely N-dealkylation sites (tertiary alicyclic amines) is 1. The normalized spacial score (nSPS) is 15.9. The predicted octanol–water partition coefficient (Wildman–Crippen LogP) is 4.57. The number of halogens is 1. The van der Waals surface area contributed by atoms with Crippen molar-refractivity contribution in [1.29, 1.82) is 0 Å². The second-order valence-electron chi connectivity index (χ2n) is 7.77. The van der Waals surface area contributed by atoms with Crippen LogP contribution in [0.1, 0.15) is 31.4 Å². The van der Waals surface area contributed by atoms with Gasteiger partial charge in [-0.15, -0.1) is 0 Å². The zero-order valence-electron chi connectivity index (χ0n) is 17.5. The van der Waals surface area contributed by atoms with Gasteiger partial charge in [0.05, 0.1) is 6.04 Å². The zero-order valence-corrected chi connectivity index (χ0v) is 17.5. The van der Waals surface area contributed by atoms with E-state index in [0.29, 0.717) is 11.6 Å². The van der Waals surface area contributed by atoms with Crippen LogP contribution >= 0.6 is 0 Å². The van der Waals surface area contributed by atoms with Crippen molar-refractivity contribution >= 4 is 23.2 Å². The summed E-state index contributed by atoms with van der Waals surface area (Å²) in [5.74, 6) is 1.41. The first-order chi connectivity index (χ1) is 15.1. The second-order valence-corrected chi connectivity index (χ2v) is 7.77.